The third-order valence-electron chi connectivity index (χ3n) is 3.29. The molecule has 3 rings (SSSR count). The minimum Gasteiger partial charge on any atom is -0.439 e. The maximum Gasteiger partial charge on any atom is 0.250 e. The molecule has 1 fully saturated rings. The van der Waals surface area contributed by atoms with Gasteiger partial charge in [0.2, 0.25) is 11.8 Å². The summed E-state index contributed by atoms with van der Waals surface area (Å²) < 4.78 is 5.58. The number of ether oxygens (including phenoxy) is 1. The molecule has 1 aromatic heterocycles. The Bertz CT molecular complexity index is 600. The Morgan fingerprint density at radius 1 is 1.18 bits per heavy atom. The zero-order valence-corrected chi connectivity index (χ0v) is 12.7. The van der Waals surface area contributed by atoms with E-state index in [1.54, 1.807) is 12.1 Å². The van der Waals surface area contributed by atoms with Crippen molar-refractivity contribution in [3.05, 3.63) is 53.7 Å². The number of hydrogen-bond acceptors (Lipinski definition) is 4. The molecule has 1 aromatic carbocycles. The van der Waals surface area contributed by atoms with Gasteiger partial charge in [0.25, 0.3) is 0 Å². The van der Waals surface area contributed by atoms with Crippen LogP contribution in [0.25, 0.3) is 0 Å². The zero-order chi connectivity index (χ0) is 15.8. The van der Waals surface area contributed by atoms with Gasteiger partial charge >= 0.3 is 0 Å². The summed E-state index contributed by atoms with van der Waals surface area (Å²) in [4.78, 5) is 14.9. The van der Waals surface area contributed by atoms with E-state index in [0.717, 1.165) is 11.3 Å². The molecule has 2 aromatic rings. The van der Waals surface area contributed by atoms with E-state index >= 15 is 0 Å². The van der Waals surface area contributed by atoms with Crippen LogP contribution in [-0.4, -0.2) is 24.0 Å². The summed E-state index contributed by atoms with van der Waals surface area (Å²) in [6, 6.07) is 10.8. The number of nitrogens with one attached hydrogen (secondary N) is 1. The fraction of sp³-hybridized carbons (Fsp3) is 0.294. The third kappa shape index (κ3) is 4.86. The summed E-state index contributed by atoms with van der Waals surface area (Å²) in [5, 5.41) is 3.22. The average Bonchev–Trinajstić information content (AvgIpc) is 3.10. The van der Waals surface area contributed by atoms with Crippen LogP contribution in [0, 0.1) is 6.92 Å². The molecule has 0 spiro atoms. The van der Waals surface area contributed by atoms with E-state index in [-0.39, 0.29) is 0 Å². The second-order valence-corrected chi connectivity index (χ2v) is 5.07. The van der Waals surface area contributed by atoms with E-state index in [0.29, 0.717) is 11.4 Å². The van der Waals surface area contributed by atoms with Crippen LogP contribution >= 0.6 is 0 Å². The molecule has 2 heterocycles. The lowest BCUT2D eigenvalue weighted by molar-refractivity contribution is 0.1000. The fourth-order valence-electron chi connectivity index (χ4n) is 2.00. The van der Waals surface area contributed by atoms with Gasteiger partial charge in [-0.05, 0) is 50.6 Å². The highest BCUT2D eigenvalue weighted by atomic mass is 16.5. The van der Waals surface area contributed by atoms with Crippen LogP contribution in [0.15, 0.2) is 42.6 Å². The predicted octanol–water partition coefficient (Wildman–Crippen LogP) is 2.65. The predicted molar refractivity (Wildman–Crippen MR) is 86.1 cm³/mol. The van der Waals surface area contributed by atoms with Crippen LogP contribution in [0.5, 0.6) is 11.6 Å². The monoisotopic (exact) mass is 299 g/mol. The van der Waals surface area contributed by atoms with Crippen molar-refractivity contribution in [3.63, 3.8) is 0 Å². The van der Waals surface area contributed by atoms with Gasteiger partial charge in [0.1, 0.15) is 5.75 Å². The number of primary amides is 1. The van der Waals surface area contributed by atoms with Gasteiger partial charge < -0.3 is 15.8 Å². The van der Waals surface area contributed by atoms with Crippen LogP contribution in [0.3, 0.4) is 0 Å². The second-order valence-electron chi connectivity index (χ2n) is 5.07. The molecule has 0 saturated carbocycles. The van der Waals surface area contributed by atoms with Gasteiger partial charge in [0.15, 0.2) is 0 Å². The Balaban J connectivity index is 0.000000299. The van der Waals surface area contributed by atoms with E-state index in [1.807, 2.05) is 31.2 Å². The molecule has 0 aliphatic carbocycles. The van der Waals surface area contributed by atoms with Crippen molar-refractivity contribution in [2.45, 2.75) is 19.8 Å². The highest BCUT2D eigenvalue weighted by Crippen LogP contribution is 2.22. The van der Waals surface area contributed by atoms with Crippen molar-refractivity contribution in [2.75, 3.05) is 13.1 Å². The molecule has 1 amide bonds. The molecular formula is C17H21N3O2. The average molecular weight is 299 g/mol. The first-order valence-corrected chi connectivity index (χ1v) is 7.37. The molecule has 0 bridgehead atoms. The molecule has 5 heteroatoms. The Hall–Kier alpha value is -2.40. The normalized spacial score (nSPS) is 13.1. The lowest BCUT2D eigenvalue weighted by Crippen LogP contribution is -2.10. The first-order chi connectivity index (χ1) is 10.7. The number of carbonyl (C=O) groups excluding carboxylic acids is 1. The highest BCUT2D eigenvalue weighted by Gasteiger charge is 2.04. The van der Waals surface area contributed by atoms with Crippen molar-refractivity contribution in [1.29, 1.82) is 0 Å². The van der Waals surface area contributed by atoms with Crippen LogP contribution in [0.1, 0.15) is 28.8 Å². The summed E-state index contributed by atoms with van der Waals surface area (Å²) >= 11 is 0. The largest absolute Gasteiger partial charge is 0.439 e. The molecule has 5 nitrogen and oxygen atoms in total. The van der Waals surface area contributed by atoms with Crippen molar-refractivity contribution in [1.82, 2.24) is 10.3 Å². The number of pyridine rings is 1. The van der Waals surface area contributed by atoms with Crippen molar-refractivity contribution >= 4 is 5.91 Å². The molecular weight excluding hydrogens is 278 g/mol. The zero-order valence-electron chi connectivity index (χ0n) is 12.7. The van der Waals surface area contributed by atoms with Crippen molar-refractivity contribution in [2.24, 2.45) is 5.73 Å². The number of nitrogens with zero attached hydrogens (tertiary/aromatic N) is 1. The molecule has 0 atom stereocenters. The van der Waals surface area contributed by atoms with Crippen LogP contribution < -0.4 is 15.8 Å². The highest BCUT2D eigenvalue weighted by molar-refractivity contribution is 5.92. The van der Waals surface area contributed by atoms with E-state index in [2.05, 4.69) is 10.3 Å². The number of carbonyl (C=O) groups is 1. The van der Waals surface area contributed by atoms with E-state index < -0.39 is 5.91 Å². The van der Waals surface area contributed by atoms with Crippen LogP contribution in [0.2, 0.25) is 0 Å². The van der Waals surface area contributed by atoms with Gasteiger partial charge in [0.05, 0.1) is 5.56 Å². The second kappa shape index (κ2) is 8.14. The molecule has 116 valence electrons. The fourth-order valence-corrected chi connectivity index (χ4v) is 2.00. The lowest BCUT2D eigenvalue weighted by Gasteiger charge is -2.07. The number of para-hydroxylation sites is 1. The smallest absolute Gasteiger partial charge is 0.250 e. The quantitative estimate of drug-likeness (QED) is 0.913. The van der Waals surface area contributed by atoms with Crippen LogP contribution in [0.4, 0.5) is 0 Å². The summed E-state index contributed by atoms with van der Waals surface area (Å²) in [5.41, 5.74) is 6.51. The molecule has 1 saturated heterocycles. The molecule has 1 aliphatic heterocycles. The van der Waals surface area contributed by atoms with Crippen molar-refractivity contribution in [3.8, 4) is 11.6 Å². The molecule has 0 radical (unpaired) electrons. The van der Waals surface area contributed by atoms with Gasteiger partial charge in [0, 0.05) is 12.3 Å². The maximum atomic E-state index is 10.9. The van der Waals surface area contributed by atoms with Gasteiger partial charge in [-0.1, -0.05) is 18.2 Å². The van der Waals surface area contributed by atoms with Gasteiger partial charge in [-0.15, -0.1) is 0 Å². The summed E-state index contributed by atoms with van der Waals surface area (Å²) in [7, 11) is 0. The molecule has 22 heavy (non-hydrogen) atoms. The first-order valence-electron chi connectivity index (χ1n) is 7.37. The summed E-state index contributed by atoms with van der Waals surface area (Å²) in [6.45, 7) is 4.45. The standard InChI is InChI=1S/C13H12N2O2.C4H9N/c1-9-4-2-3-5-11(9)17-12-7-6-10(8-15-12)13(14)16;1-2-4-5-3-1/h2-8H,1H3,(H2,14,16);5H,1-4H2. The minimum atomic E-state index is -0.500. The van der Waals surface area contributed by atoms with E-state index in [9.17, 15) is 4.79 Å². The number of benzene rings is 1. The molecule has 3 N–H and O–H groups in total. The number of aromatic nitrogens is 1. The van der Waals surface area contributed by atoms with Crippen molar-refractivity contribution < 1.29 is 9.53 Å². The molecule has 0 unspecified atom stereocenters. The Morgan fingerprint density at radius 3 is 2.41 bits per heavy atom. The first kappa shape index (κ1) is 16.0. The number of amides is 1. The minimum absolute atomic E-state index is 0.363. The summed E-state index contributed by atoms with van der Waals surface area (Å²) in [6.07, 6.45) is 4.18. The van der Waals surface area contributed by atoms with E-state index in [1.165, 1.54) is 32.1 Å². The number of hydrogen-bond donors (Lipinski definition) is 2. The Labute approximate surface area is 130 Å². The SMILES string of the molecule is C1CCNC1.Cc1ccccc1Oc1ccc(C(N)=O)cn1. The topological polar surface area (TPSA) is 77.2 Å². The Morgan fingerprint density at radius 2 is 1.91 bits per heavy atom. The van der Waals surface area contributed by atoms with Gasteiger partial charge in [-0.25, -0.2) is 4.98 Å². The number of aryl methyl sites for hydroxylation is 1. The number of rotatable bonds is 3. The molecule has 1 aliphatic rings. The van der Waals surface area contributed by atoms with Gasteiger partial charge in [-0.2, -0.15) is 0 Å². The van der Waals surface area contributed by atoms with E-state index in [4.69, 9.17) is 10.5 Å². The van der Waals surface area contributed by atoms with Gasteiger partial charge in [-0.3, -0.25) is 4.79 Å². The number of nitrogens with two attached hydrogens (primary N) is 1. The lowest BCUT2D eigenvalue weighted by atomic mass is 10.2. The maximum absolute atomic E-state index is 10.9. The summed E-state index contributed by atoms with van der Waals surface area (Å²) in [5.74, 6) is 0.677. The Kier molecular flexibility index (Phi) is 5.91. The van der Waals surface area contributed by atoms with Crippen LogP contribution in [-0.2, 0) is 0 Å². The third-order valence-corrected chi connectivity index (χ3v) is 3.29.